The highest BCUT2D eigenvalue weighted by atomic mass is 16.1. The van der Waals surface area contributed by atoms with Crippen LogP contribution in [0.4, 0.5) is 0 Å². The van der Waals surface area contributed by atoms with Crippen LogP contribution in [-0.4, -0.2) is 12.6 Å². The summed E-state index contributed by atoms with van der Waals surface area (Å²) in [5, 5.41) is 0. The molecule has 0 unspecified atom stereocenters. The minimum atomic E-state index is 0.485. The van der Waals surface area contributed by atoms with E-state index in [-0.39, 0.29) is 0 Å². The minimum absolute atomic E-state index is 0.485. The van der Waals surface area contributed by atoms with Gasteiger partial charge in [-0.1, -0.05) is 18.1 Å². The van der Waals surface area contributed by atoms with E-state index in [4.69, 9.17) is 6.42 Å². The Morgan fingerprint density at radius 2 is 2.00 bits per heavy atom. The van der Waals surface area contributed by atoms with Gasteiger partial charge in [0.1, 0.15) is 0 Å². The van der Waals surface area contributed by atoms with Crippen molar-refractivity contribution in [3.63, 3.8) is 0 Å². The van der Waals surface area contributed by atoms with Crippen molar-refractivity contribution in [3.05, 3.63) is 35.4 Å². The first kappa shape index (κ1) is 9.25. The average molecular weight is 171 g/mol. The number of benzene rings is 1. The molecule has 13 heavy (non-hydrogen) atoms. The van der Waals surface area contributed by atoms with Crippen LogP contribution in [0.15, 0.2) is 29.3 Å². The second-order valence-electron chi connectivity index (χ2n) is 2.56. The van der Waals surface area contributed by atoms with Gasteiger partial charge in [0, 0.05) is 5.56 Å². The molecule has 0 aliphatic heterocycles. The van der Waals surface area contributed by atoms with Gasteiger partial charge in [0.15, 0.2) is 0 Å². The number of carbonyl (C=O) groups excluding carboxylic acids is 1. The molecule has 0 heterocycles. The third kappa shape index (κ3) is 2.94. The normalized spacial score (nSPS) is 8.54. The zero-order valence-electron chi connectivity index (χ0n) is 7.16. The van der Waals surface area contributed by atoms with Gasteiger partial charge >= 0.3 is 0 Å². The van der Waals surface area contributed by atoms with Gasteiger partial charge in [0.2, 0.25) is 6.08 Å². The molecule has 0 radical (unpaired) electrons. The van der Waals surface area contributed by atoms with Crippen molar-refractivity contribution >= 4 is 6.08 Å². The Balaban J connectivity index is 2.60. The lowest BCUT2D eigenvalue weighted by atomic mass is 10.1. The molecule has 0 aliphatic carbocycles. The molecule has 0 amide bonds. The lowest BCUT2D eigenvalue weighted by molar-refractivity contribution is 0.563. The molecule has 0 saturated carbocycles. The van der Waals surface area contributed by atoms with Gasteiger partial charge in [-0.3, -0.25) is 0 Å². The number of hydrogen-bond acceptors (Lipinski definition) is 2. The monoisotopic (exact) mass is 171 g/mol. The molecule has 2 heteroatoms. The van der Waals surface area contributed by atoms with Crippen molar-refractivity contribution in [3.8, 4) is 12.3 Å². The van der Waals surface area contributed by atoms with Gasteiger partial charge in [0.25, 0.3) is 0 Å². The number of terminal acetylenes is 1. The molecule has 0 aliphatic rings. The van der Waals surface area contributed by atoms with Crippen LogP contribution in [0.25, 0.3) is 0 Å². The second-order valence-corrected chi connectivity index (χ2v) is 2.56. The van der Waals surface area contributed by atoms with Crippen LogP contribution in [0.5, 0.6) is 0 Å². The summed E-state index contributed by atoms with van der Waals surface area (Å²) in [6.07, 6.45) is 7.45. The smallest absolute Gasteiger partial charge is 0.211 e. The number of hydrogen-bond donors (Lipinski definition) is 0. The van der Waals surface area contributed by atoms with Crippen molar-refractivity contribution < 1.29 is 4.79 Å². The number of nitrogens with zero attached hydrogens (tertiary/aromatic N) is 1. The van der Waals surface area contributed by atoms with Crippen LogP contribution in [0.1, 0.15) is 11.1 Å². The van der Waals surface area contributed by atoms with Crippen molar-refractivity contribution in [2.24, 2.45) is 4.99 Å². The van der Waals surface area contributed by atoms with Gasteiger partial charge < -0.3 is 0 Å². The molecule has 0 atom stereocenters. The number of rotatable bonds is 3. The lowest BCUT2D eigenvalue weighted by Crippen LogP contribution is -1.88. The Labute approximate surface area is 77.3 Å². The van der Waals surface area contributed by atoms with Crippen molar-refractivity contribution in [1.82, 2.24) is 0 Å². The maximum absolute atomic E-state index is 9.78. The maximum atomic E-state index is 9.78. The quantitative estimate of drug-likeness (QED) is 0.385. The third-order valence-electron chi connectivity index (χ3n) is 1.70. The highest BCUT2D eigenvalue weighted by Gasteiger charge is 1.91. The average Bonchev–Trinajstić information content (AvgIpc) is 2.19. The molecule has 64 valence electrons. The van der Waals surface area contributed by atoms with E-state index in [1.807, 2.05) is 24.3 Å². The van der Waals surface area contributed by atoms with E-state index in [1.165, 1.54) is 6.08 Å². The summed E-state index contributed by atoms with van der Waals surface area (Å²) in [6, 6.07) is 7.63. The first-order chi connectivity index (χ1) is 6.36. The second kappa shape index (κ2) is 4.92. The Morgan fingerprint density at radius 1 is 1.31 bits per heavy atom. The Bertz CT molecular complexity index is 353. The summed E-state index contributed by atoms with van der Waals surface area (Å²) in [6.45, 7) is 0.485. The fourth-order valence-corrected chi connectivity index (χ4v) is 0.998. The van der Waals surface area contributed by atoms with Crippen LogP contribution in [0, 0.1) is 12.3 Å². The lowest BCUT2D eigenvalue weighted by Gasteiger charge is -1.96. The summed E-state index contributed by atoms with van der Waals surface area (Å²) in [5.41, 5.74) is 1.99. The highest BCUT2D eigenvalue weighted by molar-refractivity contribution is 5.35. The Kier molecular flexibility index (Phi) is 3.50. The highest BCUT2D eigenvalue weighted by Crippen LogP contribution is 2.03. The van der Waals surface area contributed by atoms with Gasteiger partial charge in [-0.15, -0.1) is 6.42 Å². The van der Waals surface area contributed by atoms with Crippen LogP contribution in [-0.2, 0) is 11.2 Å². The molecule has 0 spiro atoms. The Morgan fingerprint density at radius 3 is 2.54 bits per heavy atom. The van der Waals surface area contributed by atoms with Gasteiger partial charge in [0.05, 0.1) is 6.54 Å². The summed E-state index contributed by atoms with van der Waals surface area (Å²) in [7, 11) is 0. The fourth-order valence-electron chi connectivity index (χ4n) is 0.998. The predicted molar refractivity (Wildman–Crippen MR) is 51.1 cm³/mol. The first-order valence-corrected chi connectivity index (χ1v) is 3.96. The van der Waals surface area contributed by atoms with Gasteiger partial charge in [-0.2, -0.15) is 0 Å². The molecule has 1 aromatic rings. The SMILES string of the molecule is C#Cc1ccc(CCN=C=O)cc1. The summed E-state index contributed by atoms with van der Waals surface area (Å²) in [5.74, 6) is 2.54. The largest absolute Gasteiger partial charge is 0.234 e. The van der Waals surface area contributed by atoms with Crippen LogP contribution in [0.2, 0.25) is 0 Å². The molecular formula is C11H9NO. The van der Waals surface area contributed by atoms with E-state index in [2.05, 4.69) is 10.9 Å². The van der Waals surface area contributed by atoms with Crippen LogP contribution in [0.3, 0.4) is 0 Å². The van der Waals surface area contributed by atoms with Crippen molar-refractivity contribution in [2.75, 3.05) is 6.54 Å². The number of aliphatic imine (C=N–C) groups is 1. The minimum Gasteiger partial charge on any atom is -0.211 e. The standard InChI is InChI=1S/C11H9NO/c1-2-10-3-5-11(6-4-10)7-8-12-9-13/h1,3-6H,7-8H2. The molecule has 1 rings (SSSR count). The summed E-state index contributed by atoms with van der Waals surface area (Å²) in [4.78, 5) is 13.2. The molecule has 0 fully saturated rings. The molecule has 1 aromatic carbocycles. The molecule has 0 saturated heterocycles. The number of isocyanates is 1. The van der Waals surface area contributed by atoms with Crippen LogP contribution >= 0.6 is 0 Å². The maximum Gasteiger partial charge on any atom is 0.234 e. The van der Waals surface area contributed by atoms with E-state index in [0.29, 0.717) is 6.54 Å². The van der Waals surface area contributed by atoms with Gasteiger partial charge in [-0.05, 0) is 24.1 Å². The topological polar surface area (TPSA) is 29.4 Å². The molecular weight excluding hydrogens is 162 g/mol. The molecule has 0 N–H and O–H groups in total. The van der Waals surface area contributed by atoms with E-state index in [1.54, 1.807) is 0 Å². The van der Waals surface area contributed by atoms with E-state index >= 15 is 0 Å². The molecule has 0 aromatic heterocycles. The zero-order chi connectivity index (χ0) is 9.52. The first-order valence-electron chi connectivity index (χ1n) is 3.96. The Hall–Kier alpha value is -1.84. The summed E-state index contributed by atoms with van der Waals surface area (Å²) >= 11 is 0. The fraction of sp³-hybridized carbons (Fsp3) is 0.182. The van der Waals surface area contributed by atoms with E-state index in [0.717, 1.165) is 17.5 Å². The predicted octanol–water partition coefficient (Wildman–Crippen LogP) is 1.55. The van der Waals surface area contributed by atoms with Crippen molar-refractivity contribution in [1.29, 1.82) is 0 Å². The van der Waals surface area contributed by atoms with Crippen molar-refractivity contribution in [2.45, 2.75) is 6.42 Å². The van der Waals surface area contributed by atoms with Crippen LogP contribution < -0.4 is 0 Å². The molecule has 2 nitrogen and oxygen atoms in total. The molecule has 0 bridgehead atoms. The van der Waals surface area contributed by atoms with Gasteiger partial charge in [-0.25, -0.2) is 9.79 Å². The van der Waals surface area contributed by atoms with E-state index in [9.17, 15) is 4.79 Å². The zero-order valence-corrected chi connectivity index (χ0v) is 7.16. The third-order valence-corrected chi connectivity index (χ3v) is 1.70. The van der Waals surface area contributed by atoms with E-state index < -0.39 is 0 Å². The summed E-state index contributed by atoms with van der Waals surface area (Å²) < 4.78 is 0.